The van der Waals surface area contributed by atoms with E-state index in [0.717, 1.165) is 36.3 Å². The highest BCUT2D eigenvalue weighted by Crippen LogP contribution is 2.32. The van der Waals surface area contributed by atoms with Gasteiger partial charge in [0.1, 0.15) is 23.7 Å². The molecule has 1 heterocycles. The fourth-order valence-electron chi connectivity index (χ4n) is 2.37. The Labute approximate surface area is 111 Å². The molecule has 5 nitrogen and oxygen atoms in total. The maximum atomic E-state index is 9.99. The van der Waals surface area contributed by atoms with E-state index in [-0.39, 0.29) is 6.10 Å². The maximum Gasteiger partial charge on any atom is 0.145 e. The van der Waals surface area contributed by atoms with Gasteiger partial charge in [0.2, 0.25) is 0 Å². The van der Waals surface area contributed by atoms with E-state index < -0.39 is 0 Å². The second-order valence-electron chi connectivity index (χ2n) is 4.85. The van der Waals surface area contributed by atoms with E-state index in [1.807, 2.05) is 25.1 Å². The Kier molecular flexibility index (Phi) is 3.21. The van der Waals surface area contributed by atoms with Crippen LogP contribution >= 0.6 is 0 Å². The van der Waals surface area contributed by atoms with Crippen molar-refractivity contribution in [1.82, 2.24) is 10.3 Å². The molecule has 1 atom stereocenters. The van der Waals surface area contributed by atoms with Crippen LogP contribution in [0.5, 0.6) is 5.75 Å². The molecule has 100 valence electrons. The van der Waals surface area contributed by atoms with E-state index in [2.05, 4.69) is 14.9 Å². The molecule has 0 bridgehead atoms. The van der Waals surface area contributed by atoms with Crippen LogP contribution in [0.15, 0.2) is 22.8 Å². The van der Waals surface area contributed by atoms with Crippen molar-refractivity contribution in [3.63, 3.8) is 0 Å². The monoisotopic (exact) mass is 260 g/mol. The zero-order valence-corrected chi connectivity index (χ0v) is 10.8. The Balaban J connectivity index is 1.75. The van der Waals surface area contributed by atoms with Crippen LogP contribution in [0.3, 0.4) is 0 Å². The fraction of sp³-hybridized carbons (Fsp3) is 0.429. The quantitative estimate of drug-likeness (QED) is 0.917. The van der Waals surface area contributed by atoms with Crippen LogP contribution in [-0.2, 0) is 13.0 Å². The number of fused-ring (bicyclic) bond motifs is 1. The van der Waals surface area contributed by atoms with E-state index in [0.29, 0.717) is 12.3 Å². The fourth-order valence-corrected chi connectivity index (χ4v) is 2.37. The van der Waals surface area contributed by atoms with Crippen molar-refractivity contribution < 1.29 is 14.5 Å². The lowest BCUT2D eigenvalue weighted by Crippen LogP contribution is -2.09. The highest BCUT2D eigenvalue weighted by Gasteiger charge is 2.18. The number of hydrogen-bond acceptors (Lipinski definition) is 5. The molecule has 0 saturated carbocycles. The van der Waals surface area contributed by atoms with Gasteiger partial charge < -0.3 is 9.84 Å². The van der Waals surface area contributed by atoms with Crippen molar-refractivity contribution in [2.75, 3.05) is 0 Å². The predicted octanol–water partition coefficient (Wildman–Crippen LogP) is 2.33. The third-order valence-corrected chi connectivity index (χ3v) is 3.52. The first kappa shape index (κ1) is 12.2. The van der Waals surface area contributed by atoms with Crippen LogP contribution in [0, 0.1) is 6.92 Å². The molecule has 0 spiro atoms. The molecule has 0 amide bonds. The number of aliphatic hydroxyl groups excluding tert-OH is 1. The summed E-state index contributed by atoms with van der Waals surface area (Å²) in [6, 6.07) is 5.88. The topological polar surface area (TPSA) is 68.4 Å². The Bertz CT molecular complexity index is 580. The average Bonchev–Trinajstić information content (AvgIpc) is 2.83. The number of rotatable bonds is 3. The average molecular weight is 260 g/mol. The van der Waals surface area contributed by atoms with Gasteiger partial charge in [-0.2, -0.15) is 0 Å². The van der Waals surface area contributed by atoms with Crippen LogP contribution in [0.2, 0.25) is 0 Å². The van der Waals surface area contributed by atoms with E-state index in [1.165, 1.54) is 5.56 Å². The summed E-state index contributed by atoms with van der Waals surface area (Å²) in [5.41, 5.74) is 3.63. The van der Waals surface area contributed by atoms with Gasteiger partial charge in [0.25, 0.3) is 0 Å². The van der Waals surface area contributed by atoms with Gasteiger partial charge >= 0.3 is 0 Å². The van der Waals surface area contributed by atoms with Crippen LogP contribution in [0.25, 0.3) is 0 Å². The molecule has 1 aromatic carbocycles. The van der Waals surface area contributed by atoms with Crippen LogP contribution in [0.1, 0.15) is 41.5 Å². The smallest absolute Gasteiger partial charge is 0.145 e. The molecule has 0 saturated heterocycles. The second kappa shape index (κ2) is 5.01. The Morgan fingerprint density at radius 3 is 3.11 bits per heavy atom. The number of aryl methyl sites for hydroxylation is 2. The van der Waals surface area contributed by atoms with E-state index in [4.69, 9.17) is 4.74 Å². The van der Waals surface area contributed by atoms with Crippen molar-refractivity contribution in [2.45, 2.75) is 38.9 Å². The van der Waals surface area contributed by atoms with E-state index >= 15 is 0 Å². The number of aliphatic hydroxyl groups is 1. The molecule has 1 aliphatic rings. The molecule has 5 heteroatoms. The predicted molar refractivity (Wildman–Crippen MR) is 67.7 cm³/mol. The summed E-state index contributed by atoms with van der Waals surface area (Å²) in [6.07, 6.45) is 2.52. The molecule has 3 rings (SSSR count). The molecular formula is C14H16N2O3. The van der Waals surface area contributed by atoms with Gasteiger partial charge in [-0.3, -0.25) is 0 Å². The molecular weight excluding hydrogens is 244 g/mol. The summed E-state index contributed by atoms with van der Waals surface area (Å²) in [5.74, 6) is 0.738. The van der Waals surface area contributed by atoms with E-state index in [1.54, 1.807) is 0 Å². The summed E-state index contributed by atoms with van der Waals surface area (Å²) in [7, 11) is 0. The third kappa shape index (κ3) is 2.46. The van der Waals surface area contributed by atoms with Crippen LogP contribution in [0.4, 0.5) is 0 Å². The SMILES string of the molecule is Cc1nonc1COc1ccc2c(c1)C(O)CCC2. The summed E-state index contributed by atoms with van der Waals surface area (Å²) in [4.78, 5) is 0. The minimum atomic E-state index is -0.372. The van der Waals surface area contributed by atoms with Gasteiger partial charge in [0.05, 0.1) is 6.10 Å². The first-order valence-electron chi connectivity index (χ1n) is 6.46. The Hall–Kier alpha value is -1.88. The molecule has 1 aromatic heterocycles. The van der Waals surface area contributed by atoms with Crippen molar-refractivity contribution in [3.05, 3.63) is 40.7 Å². The maximum absolute atomic E-state index is 9.99. The highest BCUT2D eigenvalue weighted by atomic mass is 16.6. The molecule has 1 N–H and O–H groups in total. The molecule has 0 aliphatic heterocycles. The zero-order valence-electron chi connectivity index (χ0n) is 10.8. The van der Waals surface area contributed by atoms with Gasteiger partial charge in [0, 0.05) is 0 Å². The van der Waals surface area contributed by atoms with Gasteiger partial charge in [-0.15, -0.1) is 0 Å². The second-order valence-corrected chi connectivity index (χ2v) is 4.85. The van der Waals surface area contributed by atoms with Crippen molar-refractivity contribution in [3.8, 4) is 5.75 Å². The number of ether oxygens (including phenoxy) is 1. The summed E-state index contributed by atoms with van der Waals surface area (Å²) in [6.45, 7) is 2.15. The lowest BCUT2D eigenvalue weighted by atomic mass is 9.89. The van der Waals surface area contributed by atoms with Gasteiger partial charge in [-0.05, 0) is 49.4 Å². The number of benzene rings is 1. The largest absolute Gasteiger partial charge is 0.487 e. The standard InChI is InChI=1S/C14H16N2O3/c1-9-13(16-19-15-9)8-18-11-6-5-10-3-2-4-14(17)12(10)7-11/h5-7,14,17H,2-4,8H2,1H3. The first-order valence-corrected chi connectivity index (χ1v) is 6.46. The molecule has 2 aromatic rings. The number of aromatic nitrogens is 2. The van der Waals surface area contributed by atoms with Gasteiger partial charge in [-0.1, -0.05) is 16.4 Å². The number of hydrogen-bond donors (Lipinski definition) is 1. The minimum Gasteiger partial charge on any atom is -0.487 e. The summed E-state index contributed by atoms with van der Waals surface area (Å²) in [5, 5.41) is 17.5. The lowest BCUT2D eigenvalue weighted by Gasteiger charge is -2.21. The lowest BCUT2D eigenvalue weighted by molar-refractivity contribution is 0.156. The molecule has 1 unspecified atom stereocenters. The van der Waals surface area contributed by atoms with Crippen molar-refractivity contribution in [2.24, 2.45) is 0 Å². The van der Waals surface area contributed by atoms with Crippen LogP contribution < -0.4 is 4.74 Å². The van der Waals surface area contributed by atoms with Gasteiger partial charge in [-0.25, -0.2) is 4.63 Å². The molecule has 0 fully saturated rings. The van der Waals surface area contributed by atoms with Crippen molar-refractivity contribution in [1.29, 1.82) is 0 Å². The normalized spacial score (nSPS) is 18.1. The van der Waals surface area contributed by atoms with Crippen molar-refractivity contribution >= 4 is 0 Å². The van der Waals surface area contributed by atoms with Crippen LogP contribution in [-0.4, -0.2) is 15.4 Å². The van der Waals surface area contributed by atoms with E-state index in [9.17, 15) is 5.11 Å². The molecule has 1 aliphatic carbocycles. The summed E-state index contributed by atoms with van der Waals surface area (Å²) >= 11 is 0. The van der Waals surface area contributed by atoms with Gasteiger partial charge in [0.15, 0.2) is 0 Å². The number of nitrogens with zero attached hydrogens (tertiary/aromatic N) is 2. The Morgan fingerprint density at radius 2 is 2.32 bits per heavy atom. The zero-order chi connectivity index (χ0) is 13.2. The highest BCUT2D eigenvalue weighted by molar-refractivity contribution is 5.38. The summed E-state index contributed by atoms with van der Waals surface area (Å²) < 4.78 is 10.3. The molecule has 0 radical (unpaired) electrons. The Morgan fingerprint density at radius 1 is 1.42 bits per heavy atom. The minimum absolute atomic E-state index is 0.324. The third-order valence-electron chi connectivity index (χ3n) is 3.52. The first-order chi connectivity index (χ1) is 9.24. The molecule has 19 heavy (non-hydrogen) atoms.